The average Bonchev–Trinajstić information content (AvgIpc) is 2.46. The van der Waals surface area contributed by atoms with Crippen molar-refractivity contribution >= 4 is 22.3 Å². The van der Waals surface area contributed by atoms with E-state index >= 15 is 0 Å². The fourth-order valence-electron chi connectivity index (χ4n) is 2.86. The highest BCUT2D eigenvalue weighted by atomic mass is 16.3. The van der Waals surface area contributed by atoms with E-state index in [1.165, 1.54) is 5.69 Å². The number of aromatic nitrogens is 1. The van der Waals surface area contributed by atoms with Crippen molar-refractivity contribution in [1.82, 2.24) is 4.98 Å². The number of anilines is 2. The Kier molecular flexibility index (Phi) is 3.25. The average molecular weight is 257 g/mol. The van der Waals surface area contributed by atoms with Crippen LogP contribution in [0, 0.1) is 5.92 Å². The van der Waals surface area contributed by atoms with Crippen LogP contribution in [0.25, 0.3) is 10.9 Å². The summed E-state index contributed by atoms with van der Waals surface area (Å²) in [6.07, 6.45) is 4.08. The van der Waals surface area contributed by atoms with Crippen LogP contribution in [0.2, 0.25) is 0 Å². The highest BCUT2D eigenvalue weighted by Gasteiger charge is 2.20. The monoisotopic (exact) mass is 257 g/mol. The molecule has 1 aliphatic heterocycles. The second-order valence-corrected chi connectivity index (χ2v) is 5.24. The van der Waals surface area contributed by atoms with Crippen LogP contribution in [-0.4, -0.2) is 29.8 Å². The number of hydrogen-bond acceptors (Lipinski definition) is 4. The lowest BCUT2D eigenvalue weighted by molar-refractivity contribution is 0.209. The van der Waals surface area contributed by atoms with Gasteiger partial charge in [-0.2, -0.15) is 0 Å². The maximum Gasteiger partial charge on any atom is 0.0743 e. The Labute approximate surface area is 112 Å². The lowest BCUT2D eigenvalue weighted by atomic mass is 9.98. The molecule has 1 fully saturated rings. The zero-order valence-electron chi connectivity index (χ0n) is 10.9. The van der Waals surface area contributed by atoms with E-state index in [0.717, 1.165) is 42.5 Å². The molecule has 1 unspecified atom stereocenters. The van der Waals surface area contributed by atoms with Crippen molar-refractivity contribution in [2.75, 3.05) is 30.3 Å². The first-order chi connectivity index (χ1) is 9.28. The van der Waals surface area contributed by atoms with Crippen LogP contribution >= 0.6 is 0 Å². The van der Waals surface area contributed by atoms with Gasteiger partial charge < -0.3 is 15.7 Å². The molecule has 1 aromatic carbocycles. The van der Waals surface area contributed by atoms with Crippen LogP contribution in [0.5, 0.6) is 0 Å². The Hall–Kier alpha value is -1.81. The van der Waals surface area contributed by atoms with Crippen LogP contribution in [0.4, 0.5) is 11.4 Å². The Morgan fingerprint density at radius 3 is 3.11 bits per heavy atom. The van der Waals surface area contributed by atoms with Crippen molar-refractivity contribution in [2.45, 2.75) is 12.8 Å². The minimum atomic E-state index is 0.270. The first-order valence-corrected chi connectivity index (χ1v) is 6.78. The number of hydrogen-bond donors (Lipinski definition) is 2. The quantitative estimate of drug-likeness (QED) is 0.808. The van der Waals surface area contributed by atoms with Gasteiger partial charge in [-0.15, -0.1) is 0 Å². The number of benzene rings is 1. The Balaban J connectivity index is 2.00. The number of pyridine rings is 1. The molecule has 0 radical (unpaired) electrons. The normalized spacial score (nSPS) is 19.8. The van der Waals surface area contributed by atoms with Gasteiger partial charge in [0, 0.05) is 42.7 Å². The fourth-order valence-corrected chi connectivity index (χ4v) is 2.86. The molecule has 0 saturated carbocycles. The van der Waals surface area contributed by atoms with E-state index in [1.54, 1.807) is 0 Å². The van der Waals surface area contributed by atoms with Gasteiger partial charge in [-0.05, 0) is 43.0 Å². The highest BCUT2D eigenvalue weighted by molar-refractivity contribution is 5.93. The molecule has 1 saturated heterocycles. The number of nitrogen functional groups attached to an aromatic ring is 1. The molecule has 3 N–H and O–H groups in total. The van der Waals surface area contributed by atoms with Crippen LogP contribution in [0.1, 0.15) is 12.8 Å². The van der Waals surface area contributed by atoms with Crippen LogP contribution < -0.4 is 10.6 Å². The first kappa shape index (κ1) is 12.2. The molecule has 0 aliphatic carbocycles. The molecule has 100 valence electrons. The van der Waals surface area contributed by atoms with Gasteiger partial charge in [0.05, 0.1) is 5.52 Å². The molecular formula is C15H19N3O. The summed E-state index contributed by atoms with van der Waals surface area (Å²) < 4.78 is 0. The minimum absolute atomic E-state index is 0.270. The molecule has 0 bridgehead atoms. The number of nitrogens with two attached hydrogens (primary N) is 1. The van der Waals surface area contributed by atoms with Crippen molar-refractivity contribution in [1.29, 1.82) is 0 Å². The predicted octanol–water partition coefficient (Wildman–Crippen LogP) is 2.03. The predicted molar refractivity (Wildman–Crippen MR) is 78.2 cm³/mol. The van der Waals surface area contributed by atoms with Crippen molar-refractivity contribution < 1.29 is 5.11 Å². The zero-order chi connectivity index (χ0) is 13.2. The number of aliphatic hydroxyl groups is 1. The molecule has 2 aromatic rings. The second-order valence-electron chi connectivity index (χ2n) is 5.24. The molecule has 19 heavy (non-hydrogen) atoms. The molecule has 3 rings (SSSR count). The van der Waals surface area contributed by atoms with E-state index < -0.39 is 0 Å². The summed E-state index contributed by atoms with van der Waals surface area (Å²) in [5.41, 5.74) is 8.68. The molecule has 1 aliphatic rings. The third-order valence-corrected chi connectivity index (χ3v) is 3.86. The van der Waals surface area contributed by atoms with Crippen molar-refractivity contribution in [3.8, 4) is 0 Å². The van der Waals surface area contributed by atoms with Gasteiger partial charge in [0.15, 0.2) is 0 Å². The van der Waals surface area contributed by atoms with Gasteiger partial charge >= 0.3 is 0 Å². The third-order valence-electron chi connectivity index (χ3n) is 3.86. The number of piperidine rings is 1. The van der Waals surface area contributed by atoms with Crippen LogP contribution in [0.3, 0.4) is 0 Å². The maximum absolute atomic E-state index is 9.35. The van der Waals surface area contributed by atoms with Gasteiger partial charge in [-0.3, -0.25) is 4.98 Å². The Morgan fingerprint density at radius 2 is 2.26 bits per heavy atom. The van der Waals surface area contributed by atoms with E-state index in [-0.39, 0.29) is 6.61 Å². The third kappa shape index (κ3) is 2.36. The number of nitrogens with zero attached hydrogens (tertiary/aromatic N) is 2. The van der Waals surface area contributed by atoms with Gasteiger partial charge in [0.1, 0.15) is 0 Å². The number of fused-ring (bicyclic) bond motifs is 1. The standard InChI is InChI=1S/C15H19N3O/c16-12-3-4-13-14(8-12)17-6-5-15(13)18-7-1-2-11(9-18)10-19/h3-6,8,11,19H,1-2,7,9-10,16H2. The SMILES string of the molecule is Nc1ccc2c(N3CCCC(CO)C3)ccnc2c1. The summed E-state index contributed by atoms with van der Waals surface area (Å²) >= 11 is 0. The first-order valence-electron chi connectivity index (χ1n) is 6.78. The lowest BCUT2D eigenvalue weighted by Gasteiger charge is -2.34. The van der Waals surface area contributed by atoms with Crippen molar-refractivity contribution in [2.24, 2.45) is 5.92 Å². The molecule has 0 amide bonds. The van der Waals surface area contributed by atoms with Crippen molar-refractivity contribution in [3.63, 3.8) is 0 Å². The van der Waals surface area contributed by atoms with E-state index in [4.69, 9.17) is 5.73 Å². The lowest BCUT2D eigenvalue weighted by Crippen LogP contribution is -2.36. The smallest absolute Gasteiger partial charge is 0.0743 e. The summed E-state index contributed by atoms with van der Waals surface area (Å²) in [6.45, 7) is 2.23. The Bertz CT molecular complexity index is 585. The number of aliphatic hydroxyl groups excluding tert-OH is 1. The number of rotatable bonds is 2. The van der Waals surface area contributed by atoms with E-state index in [1.807, 2.05) is 24.4 Å². The summed E-state index contributed by atoms with van der Waals surface area (Å²) in [6, 6.07) is 7.92. The summed E-state index contributed by atoms with van der Waals surface area (Å²) in [5.74, 6) is 0.380. The zero-order valence-corrected chi connectivity index (χ0v) is 10.9. The second kappa shape index (κ2) is 5.05. The van der Waals surface area contributed by atoms with Crippen molar-refractivity contribution in [3.05, 3.63) is 30.5 Å². The molecule has 4 heteroatoms. The summed E-state index contributed by atoms with van der Waals surface area (Å²) in [5, 5.41) is 10.5. The minimum Gasteiger partial charge on any atom is -0.399 e. The molecule has 1 aromatic heterocycles. The molecular weight excluding hydrogens is 238 g/mol. The summed E-state index contributed by atoms with van der Waals surface area (Å²) in [4.78, 5) is 6.73. The van der Waals surface area contributed by atoms with Gasteiger partial charge in [-0.1, -0.05) is 0 Å². The fraction of sp³-hybridized carbons (Fsp3) is 0.400. The van der Waals surface area contributed by atoms with E-state index in [0.29, 0.717) is 5.92 Å². The summed E-state index contributed by atoms with van der Waals surface area (Å²) in [7, 11) is 0. The van der Waals surface area contributed by atoms with Gasteiger partial charge in [0.25, 0.3) is 0 Å². The van der Waals surface area contributed by atoms with E-state index in [9.17, 15) is 5.11 Å². The molecule has 4 nitrogen and oxygen atoms in total. The van der Waals surface area contributed by atoms with Gasteiger partial charge in [-0.25, -0.2) is 0 Å². The molecule has 0 spiro atoms. The van der Waals surface area contributed by atoms with Crippen LogP contribution in [-0.2, 0) is 0 Å². The topological polar surface area (TPSA) is 62.4 Å². The molecule has 1 atom stereocenters. The van der Waals surface area contributed by atoms with Crippen LogP contribution in [0.15, 0.2) is 30.5 Å². The van der Waals surface area contributed by atoms with Gasteiger partial charge in [0.2, 0.25) is 0 Å². The maximum atomic E-state index is 9.35. The Morgan fingerprint density at radius 1 is 1.37 bits per heavy atom. The largest absolute Gasteiger partial charge is 0.399 e. The molecule has 2 heterocycles. The van der Waals surface area contributed by atoms with E-state index in [2.05, 4.69) is 16.0 Å². The highest BCUT2D eigenvalue weighted by Crippen LogP contribution is 2.30.